The first-order valence-corrected chi connectivity index (χ1v) is 5.20. The van der Waals surface area contributed by atoms with Gasteiger partial charge in [-0.3, -0.25) is 4.79 Å². The number of thioether (sulfide) groups is 1. The topological polar surface area (TPSA) is 41.1 Å². The van der Waals surface area contributed by atoms with Crippen LogP contribution in [0.3, 0.4) is 0 Å². The van der Waals surface area contributed by atoms with Crippen LogP contribution in [0.15, 0.2) is 12.7 Å². The van der Waals surface area contributed by atoms with Crippen LogP contribution in [0.4, 0.5) is 0 Å². The zero-order chi connectivity index (χ0) is 8.81. The van der Waals surface area contributed by atoms with Gasteiger partial charge in [0.05, 0.1) is 6.04 Å². The minimum Gasteiger partial charge on any atom is -0.351 e. The maximum absolute atomic E-state index is 11.3. The predicted octanol–water partition coefficient (Wildman–Crippen LogP) is -0.00640. The minimum absolute atomic E-state index is 0.0105. The highest BCUT2D eigenvalue weighted by molar-refractivity contribution is 7.99. The first-order valence-electron chi connectivity index (χ1n) is 4.04. The van der Waals surface area contributed by atoms with E-state index in [1.54, 1.807) is 6.08 Å². The Hall–Kier alpha value is -0.480. The van der Waals surface area contributed by atoms with Gasteiger partial charge >= 0.3 is 0 Å². The molecule has 0 spiro atoms. The van der Waals surface area contributed by atoms with Gasteiger partial charge < -0.3 is 10.6 Å². The number of hydrogen-bond acceptors (Lipinski definition) is 3. The molecule has 1 atom stereocenters. The fourth-order valence-electron chi connectivity index (χ4n) is 1.03. The Balaban J connectivity index is 2.24. The van der Waals surface area contributed by atoms with Crippen molar-refractivity contribution in [1.29, 1.82) is 0 Å². The van der Waals surface area contributed by atoms with E-state index in [1.165, 1.54) is 0 Å². The molecule has 0 saturated carbocycles. The third kappa shape index (κ3) is 2.87. The number of carbonyl (C=O) groups excluding carboxylic acids is 1. The molecule has 1 fully saturated rings. The fraction of sp³-hybridized carbons (Fsp3) is 0.625. The molecular formula is C8H14N2OS. The fourth-order valence-corrected chi connectivity index (χ4v) is 1.96. The van der Waals surface area contributed by atoms with Crippen LogP contribution in [-0.4, -0.2) is 36.5 Å². The smallest absolute Gasteiger partial charge is 0.238 e. The molecule has 1 rings (SSSR count). The monoisotopic (exact) mass is 186 g/mol. The van der Waals surface area contributed by atoms with Crippen LogP contribution in [0, 0.1) is 0 Å². The molecule has 1 aliphatic heterocycles. The molecule has 4 heteroatoms. The van der Waals surface area contributed by atoms with Gasteiger partial charge in [-0.1, -0.05) is 6.08 Å². The minimum atomic E-state index is -0.0105. The van der Waals surface area contributed by atoms with Crippen molar-refractivity contribution in [3.8, 4) is 0 Å². The van der Waals surface area contributed by atoms with E-state index in [2.05, 4.69) is 17.2 Å². The van der Waals surface area contributed by atoms with Crippen molar-refractivity contribution in [2.45, 2.75) is 6.04 Å². The lowest BCUT2D eigenvalue weighted by Gasteiger charge is -2.21. The van der Waals surface area contributed by atoms with Gasteiger partial charge in [0.1, 0.15) is 0 Å². The van der Waals surface area contributed by atoms with Crippen molar-refractivity contribution in [1.82, 2.24) is 10.6 Å². The maximum atomic E-state index is 11.3. The summed E-state index contributed by atoms with van der Waals surface area (Å²) in [5.74, 6) is 2.07. The molecular weight excluding hydrogens is 172 g/mol. The SMILES string of the molecule is C=CCNC(=O)C1CSCCN1. The van der Waals surface area contributed by atoms with Crippen LogP contribution < -0.4 is 10.6 Å². The second kappa shape index (κ2) is 5.22. The van der Waals surface area contributed by atoms with Gasteiger partial charge in [0.25, 0.3) is 0 Å². The normalized spacial score (nSPS) is 23.2. The molecule has 1 unspecified atom stereocenters. The quantitative estimate of drug-likeness (QED) is 0.609. The summed E-state index contributed by atoms with van der Waals surface area (Å²) in [4.78, 5) is 11.3. The van der Waals surface area contributed by atoms with Crippen molar-refractivity contribution < 1.29 is 4.79 Å². The van der Waals surface area contributed by atoms with Gasteiger partial charge in [0, 0.05) is 24.6 Å². The lowest BCUT2D eigenvalue weighted by Crippen LogP contribution is -2.48. The Labute approximate surface area is 77.0 Å². The molecule has 1 aliphatic rings. The predicted molar refractivity (Wildman–Crippen MR) is 52.3 cm³/mol. The Kier molecular flexibility index (Phi) is 4.18. The summed E-state index contributed by atoms with van der Waals surface area (Å²) < 4.78 is 0. The molecule has 0 bridgehead atoms. The maximum Gasteiger partial charge on any atom is 0.238 e. The first kappa shape index (κ1) is 9.61. The van der Waals surface area contributed by atoms with E-state index in [-0.39, 0.29) is 11.9 Å². The second-order valence-corrected chi connectivity index (χ2v) is 3.77. The van der Waals surface area contributed by atoms with E-state index in [0.29, 0.717) is 6.54 Å². The van der Waals surface area contributed by atoms with Crippen molar-refractivity contribution in [3.63, 3.8) is 0 Å². The molecule has 0 aromatic rings. The standard InChI is InChI=1S/C8H14N2OS/c1-2-3-10-8(11)7-6-12-5-4-9-7/h2,7,9H,1,3-6H2,(H,10,11). The molecule has 1 amide bonds. The zero-order valence-electron chi connectivity index (χ0n) is 7.01. The Morgan fingerprint density at radius 3 is 3.25 bits per heavy atom. The van der Waals surface area contributed by atoms with Gasteiger partial charge in [-0.15, -0.1) is 6.58 Å². The van der Waals surface area contributed by atoms with Crippen LogP contribution >= 0.6 is 11.8 Å². The van der Waals surface area contributed by atoms with Crippen molar-refractivity contribution in [2.24, 2.45) is 0 Å². The highest BCUT2D eigenvalue weighted by Gasteiger charge is 2.19. The van der Waals surface area contributed by atoms with Gasteiger partial charge in [0.15, 0.2) is 0 Å². The van der Waals surface area contributed by atoms with Crippen LogP contribution in [0.25, 0.3) is 0 Å². The Morgan fingerprint density at radius 2 is 2.67 bits per heavy atom. The molecule has 2 N–H and O–H groups in total. The Bertz CT molecular complexity index is 166. The zero-order valence-corrected chi connectivity index (χ0v) is 7.82. The van der Waals surface area contributed by atoms with Gasteiger partial charge in [-0.2, -0.15) is 11.8 Å². The summed E-state index contributed by atoms with van der Waals surface area (Å²) >= 11 is 1.82. The highest BCUT2D eigenvalue weighted by Crippen LogP contribution is 2.07. The van der Waals surface area contributed by atoms with E-state index in [9.17, 15) is 4.79 Å². The van der Waals surface area contributed by atoms with E-state index in [1.807, 2.05) is 11.8 Å². The average molecular weight is 186 g/mol. The summed E-state index contributed by atoms with van der Waals surface area (Å²) in [6.45, 7) is 5.02. The lowest BCUT2D eigenvalue weighted by atomic mass is 10.3. The molecule has 1 heterocycles. The van der Waals surface area contributed by atoms with Gasteiger partial charge in [-0.25, -0.2) is 0 Å². The molecule has 12 heavy (non-hydrogen) atoms. The highest BCUT2D eigenvalue weighted by atomic mass is 32.2. The van der Waals surface area contributed by atoms with Gasteiger partial charge in [0.2, 0.25) is 5.91 Å². The first-order chi connectivity index (χ1) is 5.84. The van der Waals surface area contributed by atoms with E-state index in [4.69, 9.17) is 0 Å². The third-order valence-electron chi connectivity index (χ3n) is 1.66. The lowest BCUT2D eigenvalue weighted by molar-refractivity contribution is -0.122. The molecule has 3 nitrogen and oxygen atoms in total. The van der Waals surface area contributed by atoms with E-state index < -0.39 is 0 Å². The summed E-state index contributed by atoms with van der Waals surface area (Å²) in [5.41, 5.74) is 0. The molecule has 0 aliphatic carbocycles. The van der Waals surface area contributed by atoms with E-state index >= 15 is 0 Å². The van der Waals surface area contributed by atoms with Crippen molar-refractivity contribution >= 4 is 17.7 Å². The largest absolute Gasteiger partial charge is 0.351 e. The van der Waals surface area contributed by atoms with Crippen molar-refractivity contribution in [3.05, 3.63) is 12.7 Å². The average Bonchev–Trinajstić information content (AvgIpc) is 2.15. The van der Waals surface area contributed by atoms with E-state index in [0.717, 1.165) is 18.1 Å². The summed E-state index contributed by atoms with van der Waals surface area (Å²) in [6, 6.07) is -0.0105. The van der Waals surface area contributed by atoms with Crippen LogP contribution in [-0.2, 0) is 4.79 Å². The van der Waals surface area contributed by atoms with Gasteiger partial charge in [-0.05, 0) is 0 Å². The number of nitrogens with one attached hydrogen (secondary N) is 2. The number of carbonyl (C=O) groups is 1. The molecule has 68 valence electrons. The van der Waals surface area contributed by atoms with Crippen LogP contribution in [0.5, 0.6) is 0 Å². The summed E-state index contributed by atoms with van der Waals surface area (Å²) in [5, 5.41) is 5.93. The molecule has 1 saturated heterocycles. The number of hydrogen-bond donors (Lipinski definition) is 2. The summed E-state index contributed by atoms with van der Waals surface area (Å²) in [7, 11) is 0. The molecule has 0 aromatic carbocycles. The van der Waals surface area contributed by atoms with Crippen molar-refractivity contribution in [2.75, 3.05) is 24.6 Å². The van der Waals surface area contributed by atoms with Crippen LogP contribution in [0.1, 0.15) is 0 Å². The second-order valence-electron chi connectivity index (χ2n) is 2.62. The van der Waals surface area contributed by atoms with Crippen LogP contribution in [0.2, 0.25) is 0 Å². The summed E-state index contributed by atoms with van der Waals surface area (Å²) in [6.07, 6.45) is 1.69. The Morgan fingerprint density at radius 1 is 1.83 bits per heavy atom. The molecule has 0 aromatic heterocycles. The third-order valence-corrected chi connectivity index (χ3v) is 2.72. The molecule has 0 radical (unpaired) electrons. The number of amides is 1. The number of rotatable bonds is 3.